The van der Waals surface area contributed by atoms with Gasteiger partial charge in [0, 0.05) is 24.7 Å². The highest BCUT2D eigenvalue weighted by molar-refractivity contribution is 5.93. The number of hydrogen-bond donors (Lipinski definition) is 0. The van der Waals surface area contributed by atoms with Gasteiger partial charge in [-0.1, -0.05) is 0 Å². The van der Waals surface area contributed by atoms with Crippen molar-refractivity contribution in [1.29, 1.82) is 0 Å². The fourth-order valence-corrected chi connectivity index (χ4v) is 1.76. The lowest BCUT2D eigenvalue weighted by Gasteiger charge is -2.03. The number of carbonyl (C=O) groups excluding carboxylic acids is 2. The molecule has 2 fully saturated rings. The minimum Gasteiger partial charge on any atom is -0.300 e. The van der Waals surface area contributed by atoms with Crippen LogP contribution in [0.1, 0.15) is 32.1 Å². The molecular weight excluding hydrogens is 140 g/mol. The van der Waals surface area contributed by atoms with Crippen LogP contribution in [0.25, 0.3) is 0 Å². The Bertz CT molecular complexity index is 204. The van der Waals surface area contributed by atoms with Crippen LogP contribution >= 0.6 is 0 Å². The van der Waals surface area contributed by atoms with Gasteiger partial charge in [-0.2, -0.15) is 0 Å². The van der Waals surface area contributed by atoms with Gasteiger partial charge in [-0.05, 0) is 19.3 Å². The maximum atomic E-state index is 11.4. The molecule has 0 spiro atoms. The van der Waals surface area contributed by atoms with Gasteiger partial charge in [-0.25, -0.2) is 0 Å². The third kappa shape index (κ3) is 1.35. The fourth-order valence-electron chi connectivity index (χ4n) is 1.76. The van der Waals surface area contributed by atoms with E-state index in [4.69, 9.17) is 0 Å². The number of carbonyl (C=O) groups is 2. The molecule has 2 heteroatoms. The van der Waals surface area contributed by atoms with Gasteiger partial charge in [0.15, 0.2) is 0 Å². The summed E-state index contributed by atoms with van der Waals surface area (Å²) in [6.07, 6.45) is 4.15. The van der Waals surface area contributed by atoms with Gasteiger partial charge < -0.3 is 0 Å². The van der Waals surface area contributed by atoms with E-state index in [0.29, 0.717) is 24.5 Å². The number of rotatable bonds is 2. The quantitative estimate of drug-likeness (QED) is 0.598. The van der Waals surface area contributed by atoms with Gasteiger partial charge in [0.2, 0.25) is 0 Å². The van der Waals surface area contributed by atoms with E-state index in [0.717, 1.165) is 19.3 Å². The molecule has 2 aliphatic carbocycles. The fraction of sp³-hybridized carbons (Fsp3) is 0.778. The van der Waals surface area contributed by atoms with Crippen LogP contribution in [0.4, 0.5) is 0 Å². The average Bonchev–Trinajstić information content (AvgIpc) is 2.74. The molecule has 0 amide bonds. The number of hydrogen-bond acceptors (Lipinski definition) is 2. The molecule has 2 rings (SSSR count). The van der Waals surface area contributed by atoms with Gasteiger partial charge in [0.05, 0.1) is 0 Å². The highest BCUT2D eigenvalue weighted by Crippen LogP contribution is 2.36. The van der Waals surface area contributed by atoms with E-state index in [1.54, 1.807) is 0 Å². The van der Waals surface area contributed by atoms with Crippen molar-refractivity contribution in [3.8, 4) is 0 Å². The molecule has 0 aromatic carbocycles. The Morgan fingerprint density at radius 1 is 1.18 bits per heavy atom. The second-order valence-corrected chi connectivity index (χ2v) is 3.66. The van der Waals surface area contributed by atoms with E-state index in [2.05, 4.69) is 0 Å². The summed E-state index contributed by atoms with van der Waals surface area (Å²) in [5, 5.41) is 0. The molecule has 11 heavy (non-hydrogen) atoms. The number of ketones is 2. The Morgan fingerprint density at radius 2 is 1.91 bits per heavy atom. The summed E-state index contributed by atoms with van der Waals surface area (Å²) in [6.45, 7) is 0. The first-order valence-electron chi connectivity index (χ1n) is 4.33. The summed E-state index contributed by atoms with van der Waals surface area (Å²) in [6, 6.07) is 0. The molecule has 2 saturated carbocycles. The van der Waals surface area contributed by atoms with Crippen molar-refractivity contribution in [3.63, 3.8) is 0 Å². The van der Waals surface area contributed by atoms with Crippen molar-refractivity contribution in [2.75, 3.05) is 0 Å². The molecule has 0 aromatic rings. The molecule has 0 aromatic heterocycles. The lowest BCUT2D eigenvalue weighted by molar-refractivity contribution is -0.125. The Labute approximate surface area is 66.0 Å². The lowest BCUT2D eigenvalue weighted by Crippen LogP contribution is -2.12. The van der Waals surface area contributed by atoms with E-state index in [9.17, 15) is 9.59 Å². The summed E-state index contributed by atoms with van der Waals surface area (Å²) in [5.74, 6) is 1.10. The first kappa shape index (κ1) is 7.01. The Kier molecular flexibility index (Phi) is 1.55. The molecule has 0 bridgehead atoms. The van der Waals surface area contributed by atoms with Crippen molar-refractivity contribution in [2.45, 2.75) is 32.1 Å². The van der Waals surface area contributed by atoms with Crippen molar-refractivity contribution >= 4 is 11.6 Å². The maximum Gasteiger partial charge on any atom is 0.139 e. The van der Waals surface area contributed by atoms with Crippen LogP contribution in [-0.2, 0) is 9.59 Å². The Balaban J connectivity index is 1.94. The zero-order valence-corrected chi connectivity index (χ0v) is 6.51. The summed E-state index contributed by atoms with van der Waals surface area (Å²) in [5.41, 5.74) is 0. The third-order valence-electron chi connectivity index (χ3n) is 2.63. The summed E-state index contributed by atoms with van der Waals surface area (Å²) >= 11 is 0. The second-order valence-electron chi connectivity index (χ2n) is 3.66. The van der Waals surface area contributed by atoms with Crippen molar-refractivity contribution in [1.82, 2.24) is 0 Å². The van der Waals surface area contributed by atoms with E-state index in [1.807, 2.05) is 0 Å². The van der Waals surface area contributed by atoms with Crippen LogP contribution in [0, 0.1) is 11.8 Å². The van der Waals surface area contributed by atoms with Gasteiger partial charge >= 0.3 is 0 Å². The van der Waals surface area contributed by atoms with E-state index in [1.165, 1.54) is 0 Å². The van der Waals surface area contributed by atoms with Crippen LogP contribution in [0.2, 0.25) is 0 Å². The summed E-state index contributed by atoms with van der Waals surface area (Å²) in [7, 11) is 0. The van der Waals surface area contributed by atoms with Crippen LogP contribution < -0.4 is 0 Å². The van der Waals surface area contributed by atoms with Crippen LogP contribution in [-0.4, -0.2) is 11.6 Å². The summed E-state index contributed by atoms with van der Waals surface area (Å²) in [4.78, 5) is 22.2. The molecular formula is C9H12O2. The van der Waals surface area contributed by atoms with E-state index in [-0.39, 0.29) is 11.7 Å². The topological polar surface area (TPSA) is 34.1 Å². The predicted molar refractivity (Wildman–Crippen MR) is 40.1 cm³/mol. The molecule has 0 aliphatic heterocycles. The van der Waals surface area contributed by atoms with E-state index < -0.39 is 0 Å². The van der Waals surface area contributed by atoms with Crippen LogP contribution in [0.3, 0.4) is 0 Å². The van der Waals surface area contributed by atoms with Crippen LogP contribution in [0.15, 0.2) is 0 Å². The second kappa shape index (κ2) is 2.43. The molecule has 0 heterocycles. The first-order chi connectivity index (χ1) is 5.27. The smallest absolute Gasteiger partial charge is 0.139 e. The SMILES string of the molecule is O=C1CCC(C(=O)C2CC2)C1. The molecule has 60 valence electrons. The average molecular weight is 152 g/mol. The standard InChI is InChI=1S/C9H12O2/c10-8-4-3-7(5-8)9(11)6-1-2-6/h6-7H,1-5H2. The van der Waals surface area contributed by atoms with Gasteiger partial charge in [0.1, 0.15) is 11.6 Å². The Morgan fingerprint density at radius 3 is 2.36 bits per heavy atom. The molecule has 2 aliphatic rings. The zero-order chi connectivity index (χ0) is 7.84. The third-order valence-corrected chi connectivity index (χ3v) is 2.63. The lowest BCUT2D eigenvalue weighted by atomic mass is 9.99. The van der Waals surface area contributed by atoms with Gasteiger partial charge in [-0.3, -0.25) is 9.59 Å². The zero-order valence-electron chi connectivity index (χ0n) is 6.51. The van der Waals surface area contributed by atoms with Crippen molar-refractivity contribution in [3.05, 3.63) is 0 Å². The minimum atomic E-state index is 0.106. The van der Waals surface area contributed by atoms with Crippen LogP contribution in [0.5, 0.6) is 0 Å². The van der Waals surface area contributed by atoms with Gasteiger partial charge in [-0.15, -0.1) is 0 Å². The van der Waals surface area contributed by atoms with Crippen molar-refractivity contribution in [2.24, 2.45) is 11.8 Å². The van der Waals surface area contributed by atoms with Gasteiger partial charge in [0.25, 0.3) is 0 Å². The number of Topliss-reactive ketones (excluding diaryl/α,β-unsaturated/α-hetero) is 2. The highest BCUT2D eigenvalue weighted by atomic mass is 16.1. The molecule has 1 atom stereocenters. The van der Waals surface area contributed by atoms with E-state index >= 15 is 0 Å². The Hall–Kier alpha value is -0.660. The predicted octanol–water partition coefficient (Wildman–Crippen LogP) is 1.33. The molecule has 0 N–H and O–H groups in total. The summed E-state index contributed by atoms with van der Waals surface area (Å²) < 4.78 is 0. The first-order valence-corrected chi connectivity index (χ1v) is 4.33. The molecule has 0 radical (unpaired) electrons. The monoisotopic (exact) mass is 152 g/mol. The normalized spacial score (nSPS) is 30.9. The largest absolute Gasteiger partial charge is 0.300 e. The highest BCUT2D eigenvalue weighted by Gasteiger charge is 2.37. The molecule has 1 unspecified atom stereocenters. The molecule has 0 saturated heterocycles. The van der Waals surface area contributed by atoms with Crippen molar-refractivity contribution < 1.29 is 9.59 Å². The molecule has 2 nitrogen and oxygen atoms in total. The maximum absolute atomic E-state index is 11.4. The minimum absolute atomic E-state index is 0.106.